The Hall–Kier alpha value is -1.63. The third kappa shape index (κ3) is 4.98. The van der Waals surface area contributed by atoms with E-state index < -0.39 is 0 Å². The van der Waals surface area contributed by atoms with Crippen molar-refractivity contribution in [2.24, 2.45) is 0 Å². The van der Waals surface area contributed by atoms with Crippen LogP contribution in [-0.2, 0) is 14.3 Å². The van der Waals surface area contributed by atoms with Gasteiger partial charge in [-0.15, -0.1) is 12.4 Å². The molecule has 0 aromatic heterocycles. The monoisotopic (exact) mass is 327 g/mol. The zero-order valence-electron chi connectivity index (χ0n) is 12.8. The molecule has 1 heterocycles. The van der Waals surface area contributed by atoms with Crippen LogP contribution in [0.3, 0.4) is 0 Å². The molecule has 1 aliphatic rings. The van der Waals surface area contributed by atoms with Crippen LogP contribution in [0.1, 0.15) is 11.1 Å². The summed E-state index contributed by atoms with van der Waals surface area (Å²) >= 11 is 0. The summed E-state index contributed by atoms with van der Waals surface area (Å²) < 4.78 is 5.21. The number of hydrogen-bond acceptors (Lipinski definition) is 4. The molecule has 22 heavy (non-hydrogen) atoms. The number of benzene rings is 1. The summed E-state index contributed by atoms with van der Waals surface area (Å²) in [6.45, 7) is 5.41. The predicted molar refractivity (Wildman–Crippen MR) is 87.4 cm³/mol. The van der Waals surface area contributed by atoms with E-state index in [0.29, 0.717) is 19.8 Å². The number of para-hydroxylation sites is 1. The quantitative estimate of drug-likeness (QED) is 0.763. The van der Waals surface area contributed by atoms with E-state index in [2.05, 4.69) is 16.0 Å². The molecule has 0 aliphatic carbocycles. The normalized spacial score (nSPS) is 17.3. The second-order valence-electron chi connectivity index (χ2n) is 5.11. The van der Waals surface area contributed by atoms with Gasteiger partial charge >= 0.3 is 0 Å². The number of nitrogens with one attached hydrogen (secondary N) is 3. The second kappa shape index (κ2) is 8.73. The van der Waals surface area contributed by atoms with E-state index >= 15 is 0 Å². The largest absolute Gasteiger partial charge is 0.378 e. The Morgan fingerprint density at radius 3 is 2.59 bits per heavy atom. The molecule has 1 saturated heterocycles. The second-order valence-corrected chi connectivity index (χ2v) is 5.11. The van der Waals surface area contributed by atoms with Crippen LogP contribution in [0.4, 0.5) is 5.69 Å². The molecule has 1 aliphatic heterocycles. The first-order chi connectivity index (χ1) is 10.1. The van der Waals surface area contributed by atoms with E-state index in [4.69, 9.17) is 4.74 Å². The number of rotatable bonds is 4. The van der Waals surface area contributed by atoms with Crippen molar-refractivity contribution in [3.8, 4) is 0 Å². The van der Waals surface area contributed by atoms with Crippen LogP contribution < -0.4 is 16.0 Å². The summed E-state index contributed by atoms with van der Waals surface area (Å²) in [6.07, 6.45) is 0. The fraction of sp³-hybridized carbons (Fsp3) is 0.467. The van der Waals surface area contributed by atoms with Gasteiger partial charge in [-0.2, -0.15) is 0 Å². The third-order valence-corrected chi connectivity index (χ3v) is 3.41. The highest BCUT2D eigenvalue weighted by Crippen LogP contribution is 2.18. The van der Waals surface area contributed by atoms with Crippen LogP contribution in [0.15, 0.2) is 18.2 Å². The van der Waals surface area contributed by atoms with Gasteiger partial charge in [0.1, 0.15) is 6.04 Å². The maximum Gasteiger partial charge on any atom is 0.243 e. The van der Waals surface area contributed by atoms with Crippen molar-refractivity contribution >= 4 is 29.9 Å². The molecule has 6 nitrogen and oxygen atoms in total. The minimum atomic E-state index is -0.383. The highest BCUT2D eigenvalue weighted by atomic mass is 35.5. The summed E-state index contributed by atoms with van der Waals surface area (Å²) in [5.74, 6) is -0.455. The molecule has 1 unspecified atom stereocenters. The summed E-state index contributed by atoms with van der Waals surface area (Å²) in [5, 5.41) is 8.49. The molecule has 1 fully saturated rings. The molecule has 2 rings (SSSR count). The minimum absolute atomic E-state index is 0. The molecule has 0 radical (unpaired) electrons. The highest BCUT2D eigenvalue weighted by molar-refractivity contribution is 5.96. The number of halogens is 1. The summed E-state index contributed by atoms with van der Waals surface area (Å²) in [6, 6.07) is 5.43. The minimum Gasteiger partial charge on any atom is -0.378 e. The Labute approximate surface area is 136 Å². The maximum absolute atomic E-state index is 11.9. The van der Waals surface area contributed by atoms with Crippen LogP contribution in [0, 0.1) is 13.8 Å². The standard InChI is InChI=1S/C15H21N3O3.ClH/c1-10-4-3-5-11(2)14(10)18-13(19)8-17-15(20)12-9-21-7-6-16-12;/h3-5,12,16H,6-9H2,1-2H3,(H,17,20)(H,18,19);1H. The molecule has 0 spiro atoms. The summed E-state index contributed by atoms with van der Waals surface area (Å²) in [5.41, 5.74) is 2.80. The van der Waals surface area contributed by atoms with Crippen LogP contribution in [0.2, 0.25) is 0 Å². The van der Waals surface area contributed by atoms with Crippen molar-refractivity contribution in [1.29, 1.82) is 0 Å². The van der Waals surface area contributed by atoms with Gasteiger partial charge in [0.05, 0.1) is 19.8 Å². The van der Waals surface area contributed by atoms with Crippen molar-refractivity contribution < 1.29 is 14.3 Å². The first-order valence-corrected chi connectivity index (χ1v) is 7.03. The molecule has 1 atom stereocenters. The number of ether oxygens (including phenoxy) is 1. The number of hydrogen-bond donors (Lipinski definition) is 3. The van der Waals surface area contributed by atoms with Gasteiger partial charge < -0.3 is 20.7 Å². The molecule has 3 N–H and O–H groups in total. The first-order valence-electron chi connectivity index (χ1n) is 7.03. The number of amides is 2. The van der Waals surface area contributed by atoms with Crippen molar-refractivity contribution in [2.45, 2.75) is 19.9 Å². The molecule has 1 aromatic carbocycles. The predicted octanol–water partition coefficient (Wildman–Crippen LogP) is 0.768. The first kappa shape index (κ1) is 18.4. The lowest BCUT2D eigenvalue weighted by Gasteiger charge is -2.22. The van der Waals surface area contributed by atoms with E-state index in [1.165, 1.54) is 0 Å². The molecule has 122 valence electrons. The third-order valence-electron chi connectivity index (χ3n) is 3.41. The zero-order chi connectivity index (χ0) is 15.2. The van der Waals surface area contributed by atoms with Gasteiger partial charge in [0.25, 0.3) is 0 Å². The Kier molecular flexibility index (Phi) is 7.31. The van der Waals surface area contributed by atoms with Crippen LogP contribution in [0.5, 0.6) is 0 Å². The lowest BCUT2D eigenvalue weighted by Crippen LogP contribution is -2.52. The van der Waals surface area contributed by atoms with Crippen LogP contribution >= 0.6 is 12.4 Å². The van der Waals surface area contributed by atoms with E-state index in [1.807, 2.05) is 32.0 Å². The van der Waals surface area contributed by atoms with Crippen molar-refractivity contribution in [1.82, 2.24) is 10.6 Å². The van der Waals surface area contributed by atoms with Gasteiger partial charge in [-0.1, -0.05) is 18.2 Å². The molecule has 0 saturated carbocycles. The SMILES string of the molecule is Cc1cccc(C)c1NC(=O)CNC(=O)C1COCCN1.Cl. The number of morpholine rings is 1. The number of carbonyl (C=O) groups excluding carboxylic acids is 2. The molecule has 1 aromatic rings. The molecule has 7 heteroatoms. The van der Waals surface area contributed by atoms with Crippen molar-refractivity contribution in [3.63, 3.8) is 0 Å². The highest BCUT2D eigenvalue weighted by Gasteiger charge is 2.21. The fourth-order valence-electron chi connectivity index (χ4n) is 2.22. The molecular formula is C15H22ClN3O3. The van der Waals surface area contributed by atoms with Crippen molar-refractivity contribution in [3.05, 3.63) is 29.3 Å². The van der Waals surface area contributed by atoms with E-state index in [9.17, 15) is 9.59 Å². The summed E-state index contributed by atoms with van der Waals surface area (Å²) in [7, 11) is 0. The molecule has 2 amide bonds. The summed E-state index contributed by atoms with van der Waals surface area (Å²) in [4.78, 5) is 23.8. The molecule has 0 bridgehead atoms. The Balaban J connectivity index is 0.00000242. The van der Waals surface area contributed by atoms with Gasteiger partial charge in [-0.25, -0.2) is 0 Å². The Bertz CT molecular complexity index is 511. The van der Waals surface area contributed by atoms with Crippen molar-refractivity contribution in [2.75, 3.05) is 31.6 Å². The number of aryl methyl sites for hydroxylation is 2. The lowest BCUT2D eigenvalue weighted by atomic mass is 10.1. The number of carbonyl (C=O) groups is 2. The average molecular weight is 328 g/mol. The van der Waals surface area contributed by atoms with E-state index in [0.717, 1.165) is 16.8 Å². The smallest absolute Gasteiger partial charge is 0.243 e. The maximum atomic E-state index is 11.9. The van der Waals surface area contributed by atoms with E-state index in [-0.39, 0.29) is 36.8 Å². The Morgan fingerprint density at radius 2 is 2.00 bits per heavy atom. The topological polar surface area (TPSA) is 79.5 Å². The fourth-order valence-corrected chi connectivity index (χ4v) is 2.22. The van der Waals surface area contributed by atoms with Gasteiger partial charge in [-0.05, 0) is 25.0 Å². The number of anilines is 1. The average Bonchev–Trinajstić information content (AvgIpc) is 2.49. The lowest BCUT2D eigenvalue weighted by molar-refractivity contribution is -0.128. The van der Waals surface area contributed by atoms with Gasteiger partial charge in [0, 0.05) is 12.2 Å². The van der Waals surface area contributed by atoms with E-state index in [1.54, 1.807) is 0 Å². The van der Waals surface area contributed by atoms with Gasteiger partial charge in [-0.3, -0.25) is 9.59 Å². The zero-order valence-corrected chi connectivity index (χ0v) is 13.6. The van der Waals surface area contributed by atoms with Crippen LogP contribution in [-0.4, -0.2) is 44.2 Å². The molecular weight excluding hydrogens is 306 g/mol. The van der Waals surface area contributed by atoms with Gasteiger partial charge in [0.2, 0.25) is 11.8 Å². The van der Waals surface area contributed by atoms with Gasteiger partial charge in [0.15, 0.2) is 0 Å². The Morgan fingerprint density at radius 1 is 1.32 bits per heavy atom. The van der Waals surface area contributed by atoms with Crippen LogP contribution in [0.25, 0.3) is 0 Å².